The van der Waals surface area contributed by atoms with Crippen LogP contribution < -0.4 is 5.32 Å². The molecule has 1 aromatic carbocycles. The molecule has 1 N–H and O–H groups in total. The molecule has 10 heteroatoms. The summed E-state index contributed by atoms with van der Waals surface area (Å²) >= 11 is 0. The minimum Gasteiger partial charge on any atom is -0.358 e. The standard InChI is InChI=1S/C17H18FN5O3S/c1-27(24,25)12-7-5-11(6-8-12)20-15-14-16(22-17(18)21-15)23(10-19-14)13-4-2-3-9-26-13/h5-8,10,13H,2-4,9H2,1H3,(H,20,21,22). The molecule has 1 fully saturated rings. The SMILES string of the molecule is CS(=O)(=O)c1ccc(Nc2nc(F)nc3c2ncn3C2CCCCO2)cc1. The summed E-state index contributed by atoms with van der Waals surface area (Å²) in [6, 6.07) is 6.12. The number of benzene rings is 1. The van der Waals surface area contributed by atoms with Gasteiger partial charge in [-0.25, -0.2) is 13.4 Å². The Hall–Kier alpha value is -2.59. The normalized spacial score (nSPS) is 17.9. The van der Waals surface area contributed by atoms with Crippen LogP contribution in [-0.4, -0.2) is 40.8 Å². The van der Waals surface area contributed by atoms with E-state index in [1.54, 1.807) is 23.0 Å². The van der Waals surface area contributed by atoms with Gasteiger partial charge in [0, 0.05) is 18.6 Å². The Morgan fingerprint density at radius 3 is 2.67 bits per heavy atom. The molecule has 3 heterocycles. The highest BCUT2D eigenvalue weighted by Gasteiger charge is 2.21. The molecule has 0 aliphatic carbocycles. The molecular weight excluding hydrogens is 373 g/mol. The molecule has 3 aromatic rings. The Morgan fingerprint density at radius 2 is 2.00 bits per heavy atom. The van der Waals surface area contributed by atoms with E-state index in [-0.39, 0.29) is 16.9 Å². The van der Waals surface area contributed by atoms with Crippen molar-refractivity contribution in [1.82, 2.24) is 19.5 Å². The fourth-order valence-electron chi connectivity index (χ4n) is 3.05. The van der Waals surface area contributed by atoms with Crippen molar-refractivity contribution in [3.8, 4) is 0 Å². The number of sulfone groups is 1. The summed E-state index contributed by atoms with van der Waals surface area (Å²) in [6.07, 6.45) is 4.45. The molecule has 0 amide bonds. The van der Waals surface area contributed by atoms with Gasteiger partial charge in [0.2, 0.25) is 0 Å². The summed E-state index contributed by atoms with van der Waals surface area (Å²) in [6.45, 7) is 0.649. The van der Waals surface area contributed by atoms with E-state index in [9.17, 15) is 12.8 Å². The van der Waals surface area contributed by atoms with Gasteiger partial charge in [0.25, 0.3) is 0 Å². The minimum atomic E-state index is -3.29. The Labute approximate surface area is 155 Å². The number of anilines is 2. The van der Waals surface area contributed by atoms with Crippen LogP contribution in [0.1, 0.15) is 25.5 Å². The number of halogens is 1. The molecule has 4 rings (SSSR count). The van der Waals surface area contributed by atoms with E-state index in [0.717, 1.165) is 25.5 Å². The second kappa shape index (κ2) is 6.86. The van der Waals surface area contributed by atoms with E-state index in [1.807, 2.05) is 0 Å². The van der Waals surface area contributed by atoms with Crippen LogP contribution in [0.3, 0.4) is 0 Å². The summed E-state index contributed by atoms with van der Waals surface area (Å²) in [5, 5.41) is 2.98. The van der Waals surface area contributed by atoms with Gasteiger partial charge >= 0.3 is 6.08 Å². The van der Waals surface area contributed by atoms with Crippen LogP contribution in [0.15, 0.2) is 35.5 Å². The molecule has 1 atom stereocenters. The molecule has 0 bridgehead atoms. The maximum Gasteiger partial charge on any atom is 0.312 e. The first kappa shape index (κ1) is 17.8. The van der Waals surface area contributed by atoms with Crippen LogP contribution in [0.25, 0.3) is 11.2 Å². The van der Waals surface area contributed by atoms with Crippen LogP contribution in [-0.2, 0) is 14.6 Å². The van der Waals surface area contributed by atoms with Crippen molar-refractivity contribution >= 4 is 32.5 Å². The summed E-state index contributed by atoms with van der Waals surface area (Å²) in [5.74, 6) is 0.208. The van der Waals surface area contributed by atoms with Gasteiger partial charge in [-0.05, 0) is 43.5 Å². The monoisotopic (exact) mass is 391 g/mol. The van der Waals surface area contributed by atoms with E-state index >= 15 is 0 Å². The number of nitrogens with zero attached hydrogens (tertiary/aromatic N) is 4. The zero-order valence-corrected chi connectivity index (χ0v) is 15.4. The number of imidazole rings is 1. The van der Waals surface area contributed by atoms with Crippen LogP contribution in [0.5, 0.6) is 0 Å². The van der Waals surface area contributed by atoms with Crippen molar-refractivity contribution in [3.63, 3.8) is 0 Å². The predicted octanol–water partition coefficient (Wildman–Crippen LogP) is 2.81. The third kappa shape index (κ3) is 3.62. The zero-order valence-electron chi connectivity index (χ0n) is 14.6. The third-order valence-electron chi connectivity index (χ3n) is 4.41. The molecule has 0 saturated carbocycles. The molecule has 1 unspecified atom stereocenters. The van der Waals surface area contributed by atoms with Crippen molar-refractivity contribution in [2.45, 2.75) is 30.4 Å². The first-order valence-electron chi connectivity index (χ1n) is 8.50. The molecule has 0 spiro atoms. The number of rotatable bonds is 4. The highest BCUT2D eigenvalue weighted by atomic mass is 32.2. The molecule has 27 heavy (non-hydrogen) atoms. The quantitative estimate of drug-likeness (QED) is 0.683. The fourth-order valence-corrected chi connectivity index (χ4v) is 3.68. The molecule has 2 aromatic heterocycles. The van der Waals surface area contributed by atoms with Gasteiger partial charge in [0.05, 0.1) is 11.2 Å². The van der Waals surface area contributed by atoms with Gasteiger partial charge in [-0.3, -0.25) is 4.57 Å². The summed E-state index contributed by atoms with van der Waals surface area (Å²) in [4.78, 5) is 12.2. The van der Waals surface area contributed by atoms with E-state index in [2.05, 4.69) is 20.3 Å². The molecule has 142 valence electrons. The van der Waals surface area contributed by atoms with Crippen LogP contribution in [0, 0.1) is 6.08 Å². The first-order chi connectivity index (χ1) is 12.9. The molecule has 8 nitrogen and oxygen atoms in total. The van der Waals surface area contributed by atoms with Crippen molar-refractivity contribution in [2.24, 2.45) is 0 Å². The maximum absolute atomic E-state index is 14.0. The van der Waals surface area contributed by atoms with Gasteiger partial charge < -0.3 is 10.1 Å². The number of fused-ring (bicyclic) bond motifs is 1. The zero-order chi connectivity index (χ0) is 19.0. The Kier molecular flexibility index (Phi) is 4.52. The first-order valence-corrected chi connectivity index (χ1v) is 10.4. The smallest absolute Gasteiger partial charge is 0.312 e. The van der Waals surface area contributed by atoms with Gasteiger partial charge in [-0.15, -0.1) is 0 Å². The van der Waals surface area contributed by atoms with Crippen molar-refractivity contribution < 1.29 is 17.5 Å². The number of nitrogens with one attached hydrogen (secondary N) is 1. The molecule has 0 radical (unpaired) electrons. The lowest BCUT2D eigenvalue weighted by Gasteiger charge is -2.23. The van der Waals surface area contributed by atoms with Crippen LogP contribution in [0.2, 0.25) is 0 Å². The Balaban J connectivity index is 1.68. The van der Waals surface area contributed by atoms with E-state index < -0.39 is 15.9 Å². The highest BCUT2D eigenvalue weighted by molar-refractivity contribution is 7.90. The lowest BCUT2D eigenvalue weighted by molar-refractivity contribution is -0.0298. The van der Waals surface area contributed by atoms with Crippen molar-refractivity contribution in [1.29, 1.82) is 0 Å². The lowest BCUT2D eigenvalue weighted by atomic mass is 10.2. The highest BCUT2D eigenvalue weighted by Crippen LogP contribution is 2.29. The number of hydrogen-bond acceptors (Lipinski definition) is 7. The fraction of sp³-hybridized carbons (Fsp3) is 0.353. The Morgan fingerprint density at radius 1 is 1.22 bits per heavy atom. The third-order valence-corrected chi connectivity index (χ3v) is 5.53. The second-order valence-corrected chi connectivity index (χ2v) is 8.42. The molecule has 1 saturated heterocycles. The van der Waals surface area contributed by atoms with E-state index in [0.29, 0.717) is 23.5 Å². The molecule has 1 aliphatic rings. The summed E-state index contributed by atoms with van der Waals surface area (Å²) < 4.78 is 44.6. The van der Waals surface area contributed by atoms with E-state index in [1.165, 1.54) is 12.1 Å². The topological polar surface area (TPSA) is 99.0 Å². The van der Waals surface area contributed by atoms with Gasteiger partial charge in [0.15, 0.2) is 26.8 Å². The van der Waals surface area contributed by atoms with Crippen molar-refractivity contribution in [3.05, 3.63) is 36.7 Å². The average molecular weight is 391 g/mol. The number of hydrogen-bond donors (Lipinski definition) is 1. The van der Waals surface area contributed by atoms with Gasteiger partial charge in [0.1, 0.15) is 6.23 Å². The van der Waals surface area contributed by atoms with Crippen LogP contribution >= 0.6 is 0 Å². The molecule has 1 aliphatic heterocycles. The average Bonchev–Trinajstić information content (AvgIpc) is 3.06. The predicted molar refractivity (Wildman–Crippen MR) is 97.0 cm³/mol. The van der Waals surface area contributed by atoms with Crippen LogP contribution in [0.4, 0.5) is 15.9 Å². The minimum absolute atomic E-state index is 0.200. The van der Waals surface area contributed by atoms with E-state index in [4.69, 9.17) is 4.74 Å². The molecular formula is C17H18FN5O3S. The number of ether oxygens (including phenoxy) is 1. The Bertz CT molecular complexity index is 1080. The number of aromatic nitrogens is 4. The van der Waals surface area contributed by atoms with Gasteiger partial charge in [-0.1, -0.05) is 0 Å². The second-order valence-electron chi connectivity index (χ2n) is 6.41. The van der Waals surface area contributed by atoms with Gasteiger partial charge in [-0.2, -0.15) is 14.4 Å². The summed E-state index contributed by atoms with van der Waals surface area (Å²) in [5.41, 5.74) is 1.33. The largest absolute Gasteiger partial charge is 0.358 e. The summed E-state index contributed by atoms with van der Waals surface area (Å²) in [7, 11) is -3.29. The maximum atomic E-state index is 14.0. The van der Waals surface area contributed by atoms with Crippen molar-refractivity contribution in [2.75, 3.05) is 18.2 Å². The lowest BCUT2D eigenvalue weighted by Crippen LogP contribution is -2.18.